The molecule has 7 heteroatoms. The number of aliphatic hydroxyl groups is 2. The van der Waals surface area contributed by atoms with Gasteiger partial charge in [0.1, 0.15) is 0 Å². The van der Waals surface area contributed by atoms with Crippen molar-refractivity contribution in [1.82, 2.24) is 9.80 Å². The molecule has 4 aromatic rings. The molecule has 2 N–H and O–H groups in total. The Kier molecular flexibility index (Phi) is 8.61. The monoisotopic (exact) mass is 562 g/mol. The molecule has 42 heavy (non-hydrogen) atoms. The normalized spacial score (nSPS) is 19.7. The summed E-state index contributed by atoms with van der Waals surface area (Å²) in [5.74, 6) is -3.17. The zero-order valence-corrected chi connectivity index (χ0v) is 23.5. The van der Waals surface area contributed by atoms with E-state index in [0.717, 1.165) is 9.80 Å². The molecule has 0 spiro atoms. The predicted molar refractivity (Wildman–Crippen MR) is 159 cm³/mol. The molecule has 6 atom stereocenters. The minimum Gasteiger partial charge on any atom is -0.388 e. The molecule has 214 valence electrons. The lowest BCUT2D eigenvalue weighted by Crippen LogP contribution is -2.44. The van der Waals surface area contributed by atoms with Crippen LogP contribution in [-0.4, -0.2) is 37.9 Å². The number of hydrogen-bond acceptors (Lipinski definition) is 5. The van der Waals surface area contributed by atoms with Crippen LogP contribution in [0.2, 0.25) is 0 Å². The Morgan fingerprint density at radius 3 is 1.14 bits per heavy atom. The summed E-state index contributed by atoms with van der Waals surface area (Å²) in [6.07, 6.45) is -2.33. The molecule has 7 nitrogen and oxygen atoms in total. The first-order chi connectivity index (χ1) is 20.3. The summed E-state index contributed by atoms with van der Waals surface area (Å²) in [6.45, 7) is 3.16. The number of carbonyl (C=O) groups excluding carboxylic acids is 3. The molecular formula is C35H34N2O5. The number of hydrogen-bond donors (Lipinski definition) is 2. The van der Waals surface area contributed by atoms with E-state index in [1.165, 1.54) is 0 Å². The molecule has 1 aliphatic heterocycles. The third-order valence-electron chi connectivity index (χ3n) is 8.03. The fourth-order valence-electron chi connectivity index (χ4n) is 5.65. The van der Waals surface area contributed by atoms with Gasteiger partial charge in [0, 0.05) is 0 Å². The molecule has 1 fully saturated rings. The van der Waals surface area contributed by atoms with Gasteiger partial charge in [-0.3, -0.25) is 19.4 Å². The number of benzene rings is 4. The van der Waals surface area contributed by atoms with E-state index in [-0.39, 0.29) is 0 Å². The van der Waals surface area contributed by atoms with E-state index in [0.29, 0.717) is 22.3 Å². The topological polar surface area (TPSA) is 98.2 Å². The standard InChI is InChI=1S/C35H34N2O5/c1-23(31(38)27-19-11-5-12-20-27)33(40)36-29(25-15-7-3-8-16-25)30(26-17-9-4-10-18-26)37(35(36)42)34(41)24(2)32(39)28-21-13-6-14-22-28/h3-24,29-32,38-39H,1-2H3/t23-,24-,29-,30+,31-,32+/m0/s1. The maximum atomic E-state index is 14.3. The highest BCUT2D eigenvalue weighted by Crippen LogP contribution is 2.47. The number of rotatable bonds is 8. The highest BCUT2D eigenvalue weighted by atomic mass is 16.3. The van der Waals surface area contributed by atoms with Crippen molar-refractivity contribution in [3.63, 3.8) is 0 Å². The molecule has 0 aliphatic carbocycles. The number of nitrogens with zero attached hydrogens (tertiary/aromatic N) is 2. The Labute approximate surface area is 245 Å². The van der Waals surface area contributed by atoms with Gasteiger partial charge in [0.15, 0.2) is 0 Å². The summed E-state index contributed by atoms with van der Waals surface area (Å²) in [5, 5.41) is 22.3. The van der Waals surface area contributed by atoms with E-state index in [2.05, 4.69) is 0 Å². The first kappa shape index (κ1) is 28.9. The fraction of sp³-hybridized carbons (Fsp3) is 0.229. The highest BCUT2D eigenvalue weighted by molar-refractivity contribution is 6.06. The SMILES string of the molecule is C[C@H](C(=O)N1C(=O)N(C(=O)[C@@H](C)[C@@H](O)c2ccccc2)[C@H](c2ccccc2)[C@@H]1c1ccccc1)[C@H](O)c1ccccc1. The number of imide groups is 2. The molecule has 0 unspecified atom stereocenters. The average Bonchev–Trinajstić information content (AvgIpc) is 3.36. The third-order valence-corrected chi connectivity index (χ3v) is 8.03. The van der Waals surface area contributed by atoms with Crippen LogP contribution in [0.1, 0.15) is 60.4 Å². The van der Waals surface area contributed by atoms with Crippen molar-refractivity contribution in [1.29, 1.82) is 0 Å². The minimum absolute atomic E-state index is 0.549. The lowest BCUT2D eigenvalue weighted by atomic mass is 9.90. The van der Waals surface area contributed by atoms with Crippen LogP contribution in [0.4, 0.5) is 4.79 Å². The van der Waals surface area contributed by atoms with Crippen molar-refractivity contribution in [2.75, 3.05) is 0 Å². The van der Waals surface area contributed by atoms with E-state index in [9.17, 15) is 24.6 Å². The van der Waals surface area contributed by atoms with Gasteiger partial charge in [-0.05, 0) is 22.3 Å². The van der Waals surface area contributed by atoms with Crippen molar-refractivity contribution < 1.29 is 24.6 Å². The van der Waals surface area contributed by atoms with E-state index < -0.39 is 54.0 Å². The van der Waals surface area contributed by atoms with Crippen LogP contribution in [0, 0.1) is 11.8 Å². The summed E-state index contributed by atoms with van der Waals surface area (Å²) >= 11 is 0. The number of aliphatic hydroxyl groups excluding tert-OH is 2. The van der Waals surface area contributed by atoms with Gasteiger partial charge in [0.05, 0.1) is 36.1 Å². The largest absolute Gasteiger partial charge is 0.388 e. The summed E-state index contributed by atoms with van der Waals surface area (Å²) in [7, 11) is 0. The summed E-state index contributed by atoms with van der Waals surface area (Å²) in [6, 6.07) is 33.4. The molecule has 4 aromatic carbocycles. The molecule has 0 bridgehead atoms. The van der Waals surface area contributed by atoms with Crippen LogP contribution in [0.15, 0.2) is 121 Å². The van der Waals surface area contributed by atoms with E-state index >= 15 is 0 Å². The third kappa shape index (κ3) is 5.49. The van der Waals surface area contributed by atoms with Crippen molar-refractivity contribution >= 4 is 17.8 Å². The molecule has 0 aromatic heterocycles. The second-order valence-corrected chi connectivity index (χ2v) is 10.7. The van der Waals surface area contributed by atoms with Gasteiger partial charge in [-0.15, -0.1) is 0 Å². The summed E-state index contributed by atoms with van der Waals surface area (Å²) in [5.41, 5.74) is 2.43. The Morgan fingerprint density at radius 1 is 0.548 bits per heavy atom. The smallest absolute Gasteiger partial charge is 0.334 e. The van der Waals surface area contributed by atoms with Crippen molar-refractivity contribution in [2.45, 2.75) is 38.1 Å². The maximum Gasteiger partial charge on any atom is 0.334 e. The van der Waals surface area contributed by atoms with Gasteiger partial charge in [-0.1, -0.05) is 135 Å². The molecule has 0 radical (unpaired) electrons. The molecule has 1 aliphatic rings. The molecule has 0 saturated carbocycles. The summed E-state index contributed by atoms with van der Waals surface area (Å²) in [4.78, 5) is 44.9. The predicted octanol–water partition coefficient (Wildman–Crippen LogP) is 6.00. The van der Waals surface area contributed by atoms with Gasteiger partial charge in [-0.2, -0.15) is 0 Å². The molecule has 5 rings (SSSR count). The fourth-order valence-corrected chi connectivity index (χ4v) is 5.65. The lowest BCUT2D eigenvalue weighted by molar-refractivity contribution is -0.137. The first-order valence-electron chi connectivity index (χ1n) is 14.1. The lowest BCUT2D eigenvalue weighted by Gasteiger charge is -2.30. The second kappa shape index (κ2) is 12.5. The minimum atomic E-state index is -1.17. The highest BCUT2D eigenvalue weighted by Gasteiger charge is 2.54. The Balaban J connectivity index is 1.60. The maximum absolute atomic E-state index is 14.3. The quantitative estimate of drug-likeness (QED) is 0.275. The van der Waals surface area contributed by atoms with Crippen LogP contribution < -0.4 is 0 Å². The van der Waals surface area contributed by atoms with Crippen molar-refractivity contribution in [2.24, 2.45) is 11.8 Å². The molecule has 1 heterocycles. The van der Waals surface area contributed by atoms with Crippen LogP contribution in [0.3, 0.4) is 0 Å². The second-order valence-electron chi connectivity index (χ2n) is 10.7. The zero-order valence-electron chi connectivity index (χ0n) is 23.5. The van der Waals surface area contributed by atoms with Crippen molar-refractivity contribution in [3.8, 4) is 0 Å². The van der Waals surface area contributed by atoms with E-state index in [1.807, 2.05) is 72.8 Å². The molecule has 1 saturated heterocycles. The zero-order chi connectivity index (χ0) is 29.8. The molecule has 4 amide bonds. The Bertz CT molecular complexity index is 1400. The number of amides is 4. The van der Waals surface area contributed by atoms with Gasteiger partial charge >= 0.3 is 6.03 Å². The van der Waals surface area contributed by atoms with E-state index in [1.54, 1.807) is 62.4 Å². The van der Waals surface area contributed by atoms with Crippen LogP contribution in [-0.2, 0) is 9.59 Å². The van der Waals surface area contributed by atoms with E-state index in [4.69, 9.17) is 0 Å². The average molecular weight is 563 g/mol. The first-order valence-corrected chi connectivity index (χ1v) is 14.1. The van der Waals surface area contributed by atoms with Crippen LogP contribution in [0.5, 0.6) is 0 Å². The van der Waals surface area contributed by atoms with Gasteiger partial charge in [0.25, 0.3) is 0 Å². The van der Waals surface area contributed by atoms with Gasteiger partial charge in [-0.25, -0.2) is 4.79 Å². The number of urea groups is 1. The van der Waals surface area contributed by atoms with Crippen LogP contribution in [0.25, 0.3) is 0 Å². The summed E-state index contributed by atoms with van der Waals surface area (Å²) < 4.78 is 0. The van der Waals surface area contributed by atoms with Crippen LogP contribution >= 0.6 is 0 Å². The Morgan fingerprint density at radius 2 is 0.833 bits per heavy atom. The Hall–Kier alpha value is -4.59. The van der Waals surface area contributed by atoms with Gasteiger partial charge < -0.3 is 10.2 Å². The molecular weight excluding hydrogens is 528 g/mol. The van der Waals surface area contributed by atoms with Gasteiger partial charge in [0.2, 0.25) is 11.8 Å². The number of carbonyl (C=O) groups is 3. The van der Waals surface area contributed by atoms with Crippen molar-refractivity contribution in [3.05, 3.63) is 144 Å².